The lowest BCUT2D eigenvalue weighted by Crippen LogP contribution is -2.48. The third kappa shape index (κ3) is 3.96. The molecular formula is C17H18BrFN2O2S. The molecule has 24 heavy (non-hydrogen) atoms. The number of carbonyl (C=O) groups is 1. The summed E-state index contributed by atoms with van der Waals surface area (Å²) in [4.78, 5) is 16.5. The van der Waals surface area contributed by atoms with Crippen LogP contribution >= 0.6 is 27.3 Å². The van der Waals surface area contributed by atoms with E-state index in [1.54, 1.807) is 6.07 Å². The SMILES string of the molecule is COc1ccc(CN2CCN(C(=O)c3csc(Br)c3)CC2)cc1F. The minimum Gasteiger partial charge on any atom is -0.494 e. The van der Waals surface area contributed by atoms with Gasteiger partial charge in [0.05, 0.1) is 16.5 Å². The zero-order chi connectivity index (χ0) is 17.1. The molecule has 2 aromatic rings. The number of hydrogen-bond acceptors (Lipinski definition) is 4. The number of nitrogens with zero attached hydrogens (tertiary/aromatic N) is 2. The Morgan fingerprint density at radius 3 is 2.62 bits per heavy atom. The van der Waals surface area contributed by atoms with Crippen molar-refractivity contribution in [3.05, 3.63) is 50.4 Å². The Hall–Kier alpha value is -1.44. The van der Waals surface area contributed by atoms with Gasteiger partial charge in [-0.3, -0.25) is 9.69 Å². The van der Waals surface area contributed by atoms with Crippen molar-refractivity contribution in [1.82, 2.24) is 9.80 Å². The fraction of sp³-hybridized carbons (Fsp3) is 0.353. The average molecular weight is 413 g/mol. The molecular weight excluding hydrogens is 395 g/mol. The van der Waals surface area contributed by atoms with Crippen LogP contribution in [0.3, 0.4) is 0 Å². The van der Waals surface area contributed by atoms with E-state index in [4.69, 9.17) is 4.74 Å². The molecule has 1 saturated heterocycles. The first-order valence-electron chi connectivity index (χ1n) is 7.65. The third-order valence-corrected chi connectivity index (χ3v) is 5.60. The highest BCUT2D eigenvalue weighted by Gasteiger charge is 2.23. The van der Waals surface area contributed by atoms with E-state index in [9.17, 15) is 9.18 Å². The Labute approximate surface area is 153 Å². The van der Waals surface area contributed by atoms with Crippen LogP contribution in [0, 0.1) is 5.82 Å². The van der Waals surface area contributed by atoms with Gasteiger partial charge in [0.2, 0.25) is 0 Å². The second-order valence-electron chi connectivity index (χ2n) is 5.68. The van der Waals surface area contributed by atoms with Crippen LogP contribution in [0.15, 0.2) is 33.4 Å². The highest BCUT2D eigenvalue weighted by Crippen LogP contribution is 2.23. The van der Waals surface area contributed by atoms with Crippen LogP contribution < -0.4 is 4.74 Å². The van der Waals surface area contributed by atoms with Crippen molar-refractivity contribution in [1.29, 1.82) is 0 Å². The second kappa shape index (κ2) is 7.63. The number of benzene rings is 1. The molecule has 3 rings (SSSR count). The van der Waals surface area contributed by atoms with Gasteiger partial charge in [-0.25, -0.2) is 4.39 Å². The lowest BCUT2D eigenvalue weighted by molar-refractivity contribution is 0.0629. The van der Waals surface area contributed by atoms with E-state index in [-0.39, 0.29) is 17.5 Å². The number of rotatable bonds is 4. The number of methoxy groups -OCH3 is 1. The van der Waals surface area contributed by atoms with Gasteiger partial charge in [-0.15, -0.1) is 11.3 Å². The summed E-state index contributed by atoms with van der Waals surface area (Å²) in [5.41, 5.74) is 1.65. The number of halogens is 2. The van der Waals surface area contributed by atoms with Crippen molar-refractivity contribution in [3.63, 3.8) is 0 Å². The predicted molar refractivity (Wildman–Crippen MR) is 96.2 cm³/mol. The van der Waals surface area contributed by atoms with Gasteiger partial charge in [0.1, 0.15) is 0 Å². The zero-order valence-corrected chi connectivity index (χ0v) is 15.7. The maximum Gasteiger partial charge on any atom is 0.254 e. The molecule has 0 saturated carbocycles. The van der Waals surface area contributed by atoms with Crippen molar-refractivity contribution in [2.45, 2.75) is 6.54 Å². The van der Waals surface area contributed by atoms with E-state index in [1.165, 1.54) is 24.5 Å². The van der Waals surface area contributed by atoms with Crippen LogP contribution in [0.25, 0.3) is 0 Å². The third-order valence-electron chi connectivity index (χ3n) is 4.10. The molecule has 0 spiro atoms. The molecule has 1 aliphatic heterocycles. The van der Waals surface area contributed by atoms with Crippen molar-refractivity contribution >= 4 is 33.2 Å². The average Bonchev–Trinajstić information content (AvgIpc) is 3.02. The maximum atomic E-state index is 13.8. The monoisotopic (exact) mass is 412 g/mol. The molecule has 0 bridgehead atoms. The summed E-state index contributed by atoms with van der Waals surface area (Å²) in [6.45, 7) is 3.61. The molecule has 0 radical (unpaired) electrons. The Kier molecular flexibility index (Phi) is 5.53. The molecule has 0 atom stereocenters. The van der Waals surface area contributed by atoms with Crippen molar-refractivity contribution in [2.75, 3.05) is 33.3 Å². The molecule has 0 N–H and O–H groups in total. The molecule has 2 heterocycles. The fourth-order valence-corrected chi connectivity index (χ4v) is 3.91. The molecule has 1 aromatic heterocycles. The van der Waals surface area contributed by atoms with Gasteiger partial charge in [-0.1, -0.05) is 6.07 Å². The number of hydrogen-bond donors (Lipinski definition) is 0. The summed E-state index contributed by atoms with van der Waals surface area (Å²) < 4.78 is 19.7. The summed E-state index contributed by atoms with van der Waals surface area (Å²) in [6.07, 6.45) is 0. The standard InChI is InChI=1S/C17H18BrFN2O2S/c1-23-15-3-2-12(8-14(15)19)10-20-4-6-21(7-5-20)17(22)13-9-16(18)24-11-13/h2-3,8-9,11H,4-7,10H2,1H3. The van der Waals surface area contributed by atoms with Crippen LogP contribution in [0.1, 0.15) is 15.9 Å². The Balaban J connectivity index is 1.55. The number of ether oxygens (including phenoxy) is 1. The topological polar surface area (TPSA) is 32.8 Å². The van der Waals surface area contributed by atoms with Crippen LogP contribution in [-0.4, -0.2) is 49.0 Å². The van der Waals surface area contributed by atoms with Gasteiger partial charge < -0.3 is 9.64 Å². The van der Waals surface area contributed by atoms with Gasteiger partial charge in [0, 0.05) is 38.1 Å². The molecule has 1 aliphatic rings. The van der Waals surface area contributed by atoms with E-state index in [1.807, 2.05) is 22.4 Å². The molecule has 128 valence electrons. The fourth-order valence-electron chi connectivity index (χ4n) is 2.78. The Morgan fingerprint density at radius 2 is 2.04 bits per heavy atom. The molecule has 0 unspecified atom stereocenters. The first-order chi connectivity index (χ1) is 11.6. The summed E-state index contributed by atoms with van der Waals surface area (Å²) in [7, 11) is 1.46. The highest BCUT2D eigenvalue weighted by molar-refractivity contribution is 9.11. The molecule has 0 aliphatic carbocycles. The summed E-state index contributed by atoms with van der Waals surface area (Å²) in [5, 5.41) is 1.87. The van der Waals surface area contributed by atoms with E-state index in [2.05, 4.69) is 20.8 Å². The summed E-state index contributed by atoms with van der Waals surface area (Å²) in [5.74, 6) is -0.00460. The lowest BCUT2D eigenvalue weighted by atomic mass is 10.1. The predicted octanol–water partition coefficient (Wildman–Crippen LogP) is 3.62. The number of amides is 1. The number of carbonyl (C=O) groups excluding carboxylic acids is 1. The van der Waals surface area contributed by atoms with Gasteiger partial charge in [-0.05, 0) is 39.7 Å². The Morgan fingerprint density at radius 1 is 1.29 bits per heavy atom. The molecule has 1 fully saturated rings. The van der Waals surface area contributed by atoms with Gasteiger partial charge in [0.15, 0.2) is 11.6 Å². The van der Waals surface area contributed by atoms with Crippen molar-refractivity contribution in [3.8, 4) is 5.75 Å². The van der Waals surface area contributed by atoms with Crippen LogP contribution in [0.2, 0.25) is 0 Å². The van der Waals surface area contributed by atoms with Gasteiger partial charge >= 0.3 is 0 Å². The van der Waals surface area contributed by atoms with E-state index < -0.39 is 0 Å². The quantitative estimate of drug-likeness (QED) is 0.768. The summed E-state index contributed by atoms with van der Waals surface area (Å²) in [6, 6.07) is 6.90. The number of thiophene rings is 1. The minimum absolute atomic E-state index is 0.0760. The maximum absolute atomic E-state index is 13.8. The normalized spacial score (nSPS) is 15.5. The minimum atomic E-state index is -0.341. The smallest absolute Gasteiger partial charge is 0.254 e. The Bertz CT molecular complexity index is 729. The van der Waals surface area contributed by atoms with Crippen LogP contribution in [-0.2, 0) is 6.54 Å². The van der Waals surface area contributed by atoms with E-state index in [0.29, 0.717) is 19.6 Å². The largest absolute Gasteiger partial charge is 0.494 e. The molecule has 4 nitrogen and oxygen atoms in total. The van der Waals surface area contributed by atoms with Gasteiger partial charge in [-0.2, -0.15) is 0 Å². The van der Waals surface area contributed by atoms with Crippen molar-refractivity contribution < 1.29 is 13.9 Å². The molecule has 7 heteroatoms. The first kappa shape index (κ1) is 17.4. The van der Waals surface area contributed by atoms with Crippen LogP contribution in [0.5, 0.6) is 5.75 Å². The van der Waals surface area contributed by atoms with Gasteiger partial charge in [0.25, 0.3) is 5.91 Å². The first-order valence-corrected chi connectivity index (χ1v) is 9.32. The molecule has 1 amide bonds. The van der Waals surface area contributed by atoms with E-state index >= 15 is 0 Å². The zero-order valence-electron chi connectivity index (χ0n) is 13.3. The number of piperazine rings is 1. The van der Waals surface area contributed by atoms with Crippen molar-refractivity contribution in [2.24, 2.45) is 0 Å². The lowest BCUT2D eigenvalue weighted by Gasteiger charge is -2.34. The summed E-state index contributed by atoms with van der Waals surface area (Å²) >= 11 is 4.90. The molecule has 1 aromatic carbocycles. The van der Waals surface area contributed by atoms with E-state index in [0.717, 1.165) is 28.0 Å². The van der Waals surface area contributed by atoms with Crippen LogP contribution in [0.4, 0.5) is 4.39 Å². The second-order valence-corrected chi connectivity index (χ2v) is 7.97. The highest BCUT2D eigenvalue weighted by atomic mass is 79.9.